The van der Waals surface area contributed by atoms with Crippen molar-refractivity contribution in [1.82, 2.24) is 0 Å². The summed E-state index contributed by atoms with van der Waals surface area (Å²) in [4.78, 5) is 0. The van der Waals surface area contributed by atoms with Crippen LogP contribution < -0.4 is 4.74 Å². The molecule has 0 fully saturated rings. The van der Waals surface area contributed by atoms with E-state index < -0.39 is 0 Å². The molecule has 1 unspecified atom stereocenters. The average Bonchev–Trinajstić information content (AvgIpc) is 2.55. The SMILES string of the molecule is CCOC(C)Oc1ccc(-c2cc(C(C)C)ccc2CC)cc1. The third kappa shape index (κ3) is 4.59. The van der Waals surface area contributed by atoms with Crippen molar-refractivity contribution in [2.45, 2.75) is 53.2 Å². The zero-order valence-corrected chi connectivity index (χ0v) is 14.9. The Hall–Kier alpha value is -1.80. The number of hydrogen-bond acceptors (Lipinski definition) is 2. The molecule has 0 amide bonds. The predicted molar refractivity (Wildman–Crippen MR) is 97.1 cm³/mol. The summed E-state index contributed by atoms with van der Waals surface area (Å²) in [7, 11) is 0. The summed E-state index contributed by atoms with van der Waals surface area (Å²) in [5, 5.41) is 0. The van der Waals surface area contributed by atoms with Crippen LogP contribution in [-0.4, -0.2) is 12.9 Å². The monoisotopic (exact) mass is 312 g/mol. The lowest BCUT2D eigenvalue weighted by atomic mass is 9.92. The molecular weight excluding hydrogens is 284 g/mol. The van der Waals surface area contributed by atoms with Crippen molar-refractivity contribution >= 4 is 0 Å². The van der Waals surface area contributed by atoms with Crippen molar-refractivity contribution in [3.05, 3.63) is 53.6 Å². The molecule has 2 heteroatoms. The predicted octanol–water partition coefficient (Wildman–Crippen LogP) is 5.80. The number of aryl methyl sites for hydroxylation is 1. The minimum atomic E-state index is -0.221. The third-order valence-corrected chi connectivity index (χ3v) is 4.05. The van der Waals surface area contributed by atoms with E-state index in [2.05, 4.69) is 51.1 Å². The van der Waals surface area contributed by atoms with Crippen LogP contribution in [0.25, 0.3) is 11.1 Å². The lowest BCUT2D eigenvalue weighted by molar-refractivity contribution is -0.0613. The Morgan fingerprint density at radius 2 is 1.61 bits per heavy atom. The van der Waals surface area contributed by atoms with Gasteiger partial charge in [-0.15, -0.1) is 0 Å². The highest BCUT2D eigenvalue weighted by Crippen LogP contribution is 2.29. The summed E-state index contributed by atoms with van der Waals surface area (Å²) in [6.45, 7) is 11.2. The van der Waals surface area contributed by atoms with E-state index in [0.717, 1.165) is 12.2 Å². The van der Waals surface area contributed by atoms with Crippen LogP contribution in [0, 0.1) is 0 Å². The van der Waals surface area contributed by atoms with Gasteiger partial charge in [0, 0.05) is 6.61 Å². The Balaban J connectivity index is 2.26. The van der Waals surface area contributed by atoms with Gasteiger partial charge in [0.1, 0.15) is 5.75 Å². The fourth-order valence-corrected chi connectivity index (χ4v) is 2.70. The van der Waals surface area contributed by atoms with Crippen LogP contribution in [0.3, 0.4) is 0 Å². The van der Waals surface area contributed by atoms with Gasteiger partial charge in [-0.2, -0.15) is 0 Å². The van der Waals surface area contributed by atoms with Crippen LogP contribution in [0.2, 0.25) is 0 Å². The fraction of sp³-hybridized carbons (Fsp3) is 0.429. The Labute approximate surface area is 140 Å². The van der Waals surface area contributed by atoms with Crippen LogP contribution in [0.4, 0.5) is 0 Å². The van der Waals surface area contributed by atoms with Crippen LogP contribution in [0.5, 0.6) is 5.75 Å². The van der Waals surface area contributed by atoms with E-state index in [4.69, 9.17) is 9.47 Å². The van der Waals surface area contributed by atoms with Gasteiger partial charge < -0.3 is 9.47 Å². The second kappa shape index (κ2) is 8.16. The van der Waals surface area contributed by atoms with E-state index in [1.165, 1.54) is 22.3 Å². The largest absolute Gasteiger partial charge is 0.465 e. The summed E-state index contributed by atoms with van der Waals surface area (Å²) in [6.07, 6.45) is 0.814. The lowest BCUT2D eigenvalue weighted by Gasteiger charge is -2.16. The van der Waals surface area contributed by atoms with E-state index >= 15 is 0 Å². The molecule has 0 N–H and O–H groups in total. The van der Waals surface area contributed by atoms with Gasteiger partial charge >= 0.3 is 0 Å². The highest BCUT2D eigenvalue weighted by atomic mass is 16.7. The number of ether oxygens (including phenoxy) is 2. The molecule has 0 saturated carbocycles. The van der Waals surface area contributed by atoms with Gasteiger partial charge in [-0.05, 0) is 60.6 Å². The van der Waals surface area contributed by atoms with E-state index in [1.807, 2.05) is 26.0 Å². The molecule has 0 aromatic heterocycles. The molecule has 0 spiro atoms. The van der Waals surface area contributed by atoms with Gasteiger partial charge in [0.25, 0.3) is 0 Å². The van der Waals surface area contributed by atoms with Gasteiger partial charge in [0.05, 0.1) is 0 Å². The number of hydrogen-bond donors (Lipinski definition) is 0. The van der Waals surface area contributed by atoms with Gasteiger partial charge in [-0.3, -0.25) is 0 Å². The summed E-state index contributed by atoms with van der Waals surface area (Å²) in [5.41, 5.74) is 5.32. The van der Waals surface area contributed by atoms with Gasteiger partial charge in [-0.25, -0.2) is 0 Å². The first-order valence-corrected chi connectivity index (χ1v) is 8.56. The normalized spacial score (nSPS) is 12.4. The molecule has 2 aromatic rings. The minimum absolute atomic E-state index is 0.221. The molecule has 1 atom stereocenters. The quantitative estimate of drug-likeness (QED) is 0.601. The summed E-state index contributed by atoms with van der Waals surface area (Å²) < 4.78 is 11.2. The molecule has 0 bridgehead atoms. The Bertz CT molecular complexity index is 614. The lowest BCUT2D eigenvalue weighted by Crippen LogP contribution is -2.15. The molecule has 0 aliphatic heterocycles. The first kappa shape index (κ1) is 17.6. The number of rotatable bonds is 7. The molecule has 0 heterocycles. The summed E-state index contributed by atoms with van der Waals surface area (Å²) in [5.74, 6) is 1.38. The van der Waals surface area contributed by atoms with Gasteiger partial charge in [-0.1, -0.05) is 51.1 Å². The van der Waals surface area contributed by atoms with E-state index in [-0.39, 0.29) is 6.29 Å². The first-order chi connectivity index (χ1) is 11.0. The zero-order valence-electron chi connectivity index (χ0n) is 14.9. The molecule has 124 valence electrons. The molecular formula is C21H28O2. The van der Waals surface area contributed by atoms with Crippen molar-refractivity contribution in [3.8, 4) is 16.9 Å². The maximum absolute atomic E-state index is 5.74. The topological polar surface area (TPSA) is 18.5 Å². The molecule has 0 radical (unpaired) electrons. The molecule has 0 aliphatic rings. The maximum Gasteiger partial charge on any atom is 0.196 e. The van der Waals surface area contributed by atoms with E-state index in [9.17, 15) is 0 Å². The minimum Gasteiger partial charge on any atom is -0.465 e. The first-order valence-electron chi connectivity index (χ1n) is 8.56. The van der Waals surface area contributed by atoms with Crippen LogP contribution in [-0.2, 0) is 11.2 Å². The molecule has 2 rings (SSSR count). The third-order valence-electron chi connectivity index (χ3n) is 4.05. The van der Waals surface area contributed by atoms with E-state index in [0.29, 0.717) is 12.5 Å². The Morgan fingerprint density at radius 3 is 2.17 bits per heavy atom. The van der Waals surface area contributed by atoms with Gasteiger partial charge in [0.2, 0.25) is 0 Å². The van der Waals surface area contributed by atoms with Crippen molar-refractivity contribution in [3.63, 3.8) is 0 Å². The van der Waals surface area contributed by atoms with Crippen molar-refractivity contribution in [1.29, 1.82) is 0 Å². The standard InChI is InChI=1S/C21H28O2/c1-6-17-8-9-19(15(3)4)14-21(17)18-10-12-20(13-11-18)23-16(5)22-7-2/h8-16H,6-7H2,1-5H3. The Kier molecular flexibility index (Phi) is 6.23. The van der Waals surface area contributed by atoms with E-state index in [1.54, 1.807) is 0 Å². The second-order valence-electron chi connectivity index (χ2n) is 6.09. The van der Waals surface area contributed by atoms with Crippen LogP contribution >= 0.6 is 0 Å². The zero-order chi connectivity index (χ0) is 16.8. The molecule has 23 heavy (non-hydrogen) atoms. The van der Waals surface area contributed by atoms with Crippen LogP contribution in [0.1, 0.15) is 51.7 Å². The summed E-state index contributed by atoms with van der Waals surface area (Å²) >= 11 is 0. The van der Waals surface area contributed by atoms with Crippen molar-refractivity contribution in [2.24, 2.45) is 0 Å². The summed E-state index contributed by atoms with van der Waals surface area (Å²) in [6, 6.07) is 15.1. The van der Waals surface area contributed by atoms with Crippen molar-refractivity contribution in [2.75, 3.05) is 6.61 Å². The number of benzene rings is 2. The average molecular weight is 312 g/mol. The highest BCUT2D eigenvalue weighted by molar-refractivity contribution is 5.69. The maximum atomic E-state index is 5.74. The molecule has 2 nitrogen and oxygen atoms in total. The van der Waals surface area contributed by atoms with Crippen LogP contribution in [0.15, 0.2) is 42.5 Å². The smallest absolute Gasteiger partial charge is 0.196 e. The molecule has 0 saturated heterocycles. The Morgan fingerprint density at radius 1 is 0.913 bits per heavy atom. The fourth-order valence-electron chi connectivity index (χ4n) is 2.70. The van der Waals surface area contributed by atoms with Gasteiger partial charge in [0.15, 0.2) is 6.29 Å². The van der Waals surface area contributed by atoms with Crippen molar-refractivity contribution < 1.29 is 9.47 Å². The highest BCUT2D eigenvalue weighted by Gasteiger charge is 2.09. The molecule has 0 aliphatic carbocycles. The molecule has 2 aromatic carbocycles. The second-order valence-corrected chi connectivity index (χ2v) is 6.09.